The first-order valence-electron chi connectivity index (χ1n) is 7.10. The lowest BCUT2D eigenvalue weighted by molar-refractivity contribution is 0.0839. The predicted octanol–water partition coefficient (Wildman–Crippen LogP) is 3.54. The fraction of sp³-hybridized carbons (Fsp3) is 0.278. The van der Waals surface area contributed by atoms with E-state index in [9.17, 15) is 4.79 Å². The highest BCUT2D eigenvalue weighted by Gasteiger charge is 2.36. The van der Waals surface area contributed by atoms with Crippen molar-refractivity contribution in [1.82, 2.24) is 5.32 Å². The topological polar surface area (TPSA) is 29.1 Å². The summed E-state index contributed by atoms with van der Waals surface area (Å²) in [6.45, 7) is 3.77. The number of ketones is 1. The van der Waals surface area contributed by atoms with E-state index in [1.54, 1.807) is 0 Å². The van der Waals surface area contributed by atoms with E-state index in [1.807, 2.05) is 42.5 Å². The van der Waals surface area contributed by atoms with E-state index >= 15 is 0 Å². The Morgan fingerprint density at radius 3 is 2.25 bits per heavy atom. The Bertz CT molecular complexity index is 595. The molecule has 1 atom stereocenters. The highest BCUT2D eigenvalue weighted by atomic mass is 16.1. The van der Waals surface area contributed by atoms with Gasteiger partial charge in [0, 0.05) is 17.5 Å². The van der Waals surface area contributed by atoms with Crippen LogP contribution in [0.2, 0.25) is 0 Å². The largest absolute Gasteiger partial charge is 0.316 e. The van der Waals surface area contributed by atoms with Crippen molar-refractivity contribution in [3.8, 4) is 11.1 Å². The molecule has 2 aromatic rings. The lowest BCUT2D eigenvalue weighted by atomic mass is 9.81. The minimum absolute atomic E-state index is 0.242. The van der Waals surface area contributed by atoms with Gasteiger partial charge in [0.2, 0.25) is 0 Å². The summed E-state index contributed by atoms with van der Waals surface area (Å²) in [4.78, 5) is 12.6. The van der Waals surface area contributed by atoms with Crippen molar-refractivity contribution >= 4 is 5.78 Å². The van der Waals surface area contributed by atoms with Gasteiger partial charge in [-0.1, -0.05) is 61.5 Å². The summed E-state index contributed by atoms with van der Waals surface area (Å²) in [6, 6.07) is 18.2. The highest BCUT2D eigenvalue weighted by molar-refractivity contribution is 6.01. The van der Waals surface area contributed by atoms with Crippen LogP contribution >= 0.6 is 0 Å². The molecule has 20 heavy (non-hydrogen) atoms. The van der Waals surface area contributed by atoms with E-state index < -0.39 is 0 Å². The molecule has 1 fully saturated rings. The van der Waals surface area contributed by atoms with E-state index in [0.717, 1.165) is 30.6 Å². The van der Waals surface area contributed by atoms with E-state index in [1.165, 1.54) is 5.56 Å². The second-order valence-electron chi connectivity index (χ2n) is 5.76. The monoisotopic (exact) mass is 265 g/mol. The summed E-state index contributed by atoms with van der Waals surface area (Å²) in [5.74, 6) is 0.252. The molecule has 1 aliphatic heterocycles. The standard InChI is InChI=1S/C18H19NO/c1-18(11-12-19-13-18)17(20)16-9-7-15(8-10-16)14-5-3-2-4-6-14/h2-10,19H,11-13H2,1H3. The molecular weight excluding hydrogens is 246 g/mol. The maximum Gasteiger partial charge on any atom is 0.170 e. The fourth-order valence-corrected chi connectivity index (χ4v) is 2.80. The van der Waals surface area contributed by atoms with Gasteiger partial charge in [0.05, 0.1) is 0 Å². The fourth-order valence-electron chi connectivity index (χ4n) is 2.80. The van der Waals surface area contributed by atoms with Crippen molar-refractivity contribution in [2.45, 2.75) is 13.3 Å². The molecule has 0 amide bonds. The molecular formula is C18H19NO. The molecule has 0 spiro atoms. The minimum Gasteiger partial charge on any atom is -0.316 e. The van der Waals surface area contributed by atoms with Crippen LogP contribution in [0.25, 0.3) is 11.1 Å². The summed E-state index contributed by atoms with van der Waals surface area (Å²) in [7, 11) is 0. The first-order chi connectivity index (χ1) is 9.69. The van der Waals surface area contributed by atoms with Crippen LogP contribution < -0.4 is 5.32 Å². The molecule has 0 radical (unpaired) electrons. The maximum absolute atomic E-state index is 12.6. The lowest BCUT2D eigenvalue weighted by Crippen LogP contribution is -2.30. The molecule has 0 aliphatic carbocycles. The molecule has 1 saturated heterocycles. The normalized spacial score (nSPS) is 21.9. The smallest absolute Gasteiger partial charge is 0.170 e. The average Bonchev–Trinajstić information content (AvgIpc) is 2.96. The molecule has 1 heterocycles. The third kappa shape index (κ3) is 2.39. The van der Waals surface area contributed by atoms with Gasteiger partial charge in [-0.3, -0.25) is 4.79 Å². The van der Waals surface area contributed by atoms with Crippen molar-refractivity contribution in [3.63, 3.8) is 0 Å². The number of Topliss-reactive ketones (excluding diaryl/α,β-unsaturated/α-hetero) is 1. The highest BCUT2D eigenvalue weighted by Crippen LogP contribution is 2.30. The molecule has 1 N–H and O–H groups in total. The van der Waals surface area contributed by atoms with Crippen molar-refractivity contribution in [2.24, 2.45) is 5.41 Å². The first-order valence-corrected chi connectivity index (χ1v) is 7.10. The van der Waals surface area contributed by atoms with Gasteiger partial charge in [0.1, 0.15) is 0 Å². The summed E-state index contributed by atoms with van der Waals surface area (Å²) < 4.78 is 0. The van der Waals surface area contributed by atoms with E-state index in [4.69, 9.17) is 0 Å². The van der Waals surface area contributed by atoms with Crippen LogP contribution in [0.5, 0.6) is 0 Å². The molecule has 2 heteroatoms. The van der Waals surface area contributed by atoms with Gasteiger partial charge in [0.15, 0.2) is 5.78 Å². The van der Waals surface area contributed by atoms with E-state index in [0.29, 0.717) is 0 Å². The number of nitrogens with one attached hydrogen (secondary N) is 1. The van der Waals surface area contributed by atoms with Crippen LogP contribution in [0, 0.1) is 5.41 Å². The van der Waals surface area contributed by atoms with Crippen molar-refractivity contribution in [3.05, 3.63) is 60.2 Å². The third-order valence-electron chi connectivity index (χ3n) is 4.17. The van der Waals surface area contributed by atoms with Gasteiger partial charge < -0.3 is 5.32 Å². The molecule has 0 aromatic heterocycles. The van der Waals surface area contributed by atoms with Crippen molar-refractivity contribution in [2.75, 3.05) is 13.1 Å². The number of carbonyl (C=O) groups excluding carboxylic acids is 1. The number of carbonyl (C=O) groups is 1. The zero-order valence-electron chi connectivity index (χ0n) is 11.7. The first kappa shape index (κ1) is 13.1. The van der Waals surface area contributed by atoms with Gasteiger partial charge in [0.25, 0.3) is 0 Å². The van der Waals surface area contributed by atoms with Crippen molar-refractivity contribution < 1.29 is 4.79 Å². The Balaban J connectivity index is 1.85. The Kier molecular flexibility index (Phi) is 3.41. The minimum atomic E-state index is -0.242. The molecule has 102 valence electrons. The van der Waals surface area contributed by atoms with Gasteiger partial charge >= 0.3 is 0 Å². The van der Waals surface area contributed by atoms with Crippen LogP contribution in [0.3, 0.4) is 0 Å². The second kappa shape index (κ2) is 5.22. The van der Waals surface area contributed by atoms with Crippen LogP contribution in [-0.4, -0.2) is 18.9 Å². The molecule has 2 nitrogen and oxygen atoms in total. The van der Waals surface area contributed by atoms with Crippen LogP contribution in [-0.2, 0) is 0 Å². The number of hydrogen-bond donors (Lipinski definition) is 1. The van der Waals surface area contributed by atoms with Crippen LogP contribution in [0.15, 0.2) is 54.6 Å². The number of rotatable bonds is 3. The zero-order valence-corrected chi connectivity index (χ0v) is 11.7. The SMILES string of the molecule is CC1(C(=O)c2ccc(-c3ccccc3)cc2)CCNC1. The molecule has 2 aromatic carbocycles. The Morgan fingerprint density at radius 1 is 1.00 bits per heavy atom. The number of benzene rings is 2. The van der Waals surface area contributed by atoms with Gasteiger partial charge in [-0.15, -0.1) is 0 Å². The average molecular weight is 265 g/mol. The number of hydrogen-bond acceptors (Lipinski definition) is 2. The predicted molar refractivity (Wildman–Crippen MR) is 81.8 cm³/mol. The third-order valence-corrected chi connectivity index (χ3v) is 4.17. The summed E-state index contributed by atoms with van der Waals surface area (Å²) >= 11 is 0. The lowest BCUT2D eigenvalue weighted by Gasteiger charge is -2.20. The van der Waals surface area contributed by atoms with Crippen LogP contribution in [0.4, 0.5) is 0 Å². The van der Waals surface area contributed by atoms with Crippen LogP contribution in [0.1, 0.15) is 23.7 Å². The van der Waals surface area contributed by atoms with Gasteiger partial charge in [-0.05, 0) is 24.1 Å². The van der Waals surface area contributed by atoms with Crippen molar-refractivity contribution in [1.29, 1.82) is 0 Å². The molecule has 0 saturated carbocycles. The Morgan fingerprint density at radius 2 is 1.65 bits per heavy atom. The molecule has 1 aliphatic rings. The zero-order chi connectivity index (χ0) is 14.0. The summed E-state index contributed by atoms with van der Waals surface area (Å²) in [5, 5.41) is 3.28. The van der Waals surface area contributed by atoms with Gasteiger partial charge in [-0.2, -0.15) is 0 Å². The molecule has 1 unspecified atom stereocenters. The van der Waals surface area contributed by atoms with E-state index in [2.05, 4.69) is 24.4 Å². The summed E-state index contributed by atoms with van der Waals surface area (Å²) in [5.41, 5.74) is 2.90. The molecule has 0 bridgehead atoms. The summed E-state index contributed by atoms with van der Waals surface area (Å²) in [6.07, 6.45) is 0.923. The van der Waals surface area contributed by atoms with E-state index in [-0.39, 0.29) is 11.2 Å². The quantitative estimate of drug-likeness (QED) is 0.860. The second-order valence-corrected chi connectivity index (χ2v) is 5.76. The Labute approximate surface area is 119 Å². The maximum atomic E-state index is 12.6. The van der Waals surface area contributed by atoms with Gasteiger partial charge in [-0.25, -0.2) is 0 Å². The Hall–Kier alpha value is -1.93. The molecule has 3 rings (SSSR count).